The van der Waals surface area contributed by atoms with Crippen LogP contribution in [0.3, 0.4) is 0 Å². The summed E-state index contributed by atoms with van der Waals surface area (Å²) in [5, 5.41) is 2.73. The molecule has 8 nitrogen and oxygen atoms in total. The molecule has 0 bridgehead atoms. The van der Waals surface area contributed by atoms with Gasteiger partial charge in [0.15, 0.2) is 0 Å². The second-order valence-electron chi connectivity index (χ2n) is 5.63. The number of nitrogens with one attached hydrogen (secondary N) is 2. The van der Waals surface area contributed by atoms with E-state index in [-0.39, 0.29) is 24.3 Å². The van der Waals surface area contributed by atoms with E-state index >= 15 is 0 Å². The van der Waals surface area contributed by atoms with Crippen LogP contribution in [0.4, 0.5) is 0 Å². The maximum atomic E-state index is 12.2. The number of rotatable bonds is 6. The third kappa shape index (κ3) is 4.94. The lowest BCUT2D eigenvalue weighted by Gasteiger charge is -2.36. The van der Waals surface area contributed by atoms with Crippen molar-refractivity contribution in [2.75, 3.05) is 33.7 Å². The third-order valence-electron chi connectivity index (χ3n) is 3.23. The van der Waals surface area contributed by atoms with E-state index in [4.69, 9.17) is 0 Å². The summed E-state index contributed by atoms with van der Waals surface area (Å²) in [5.41, 5.74) is 0. The van der Waals surface area contributed by atoms with Crippen LogP contribution in [-0.4, -0.2) is 69.2 Å². The summed E-state index contributed by atoms with van der Waals surface area (Å²) >= 11 is 0. The molecule has 122 valence electrons. The summed E-state index contributed by atoms with van der Waals surface area (Å²) in [5.74, 6) is -0.313. The lowest BCUT2D eigenvalue weighted by atomic mass is 10.00. The van der Waals surface area contributed by atoms with Crippen LogP contribution in [0.15, 0.2) is 0 Å². The summed E-state index contributed by atoms with van der Waals surface area (Å²) in [4.78, 5) is 25.6. The third-order valence-corrected chi connectivity index (χ3v) is 4.70. The molecular formula is C12H24N4O4S. The van der Waals surface area contributed by atoms with E-state index in [1.54, 1.807) is 0 Å². The molecule has 1 saturated heterocycles. The van der Waals surface area contributed by atoms with Gasteiger partial charge in [-0.2, -0.15) is 17.4 Å². The first-order valence-corrected chi connectivity index (χ1v) is 8.33. The maximum Gasteiger partial charge on any atom is 0.279 e. The first-order valence-electron chi connectivity index (χ1n) is 6.89. The van der Waals surface area contributed by atoms with Crippen LogP contribution >= 0.6 is 0 Å². The lowest BCUT2D eigenvalue weighted by molar-refractivity contribution is -0.143. The molecule has 0 saturated carbocycles. The zero-order valence-electron chi connectivity index (χ0n) is 12.9. The molecule has 1 atom stereocenters. The Balaban J connectivity index is 2.72. The van der Waals surface area contributed by atoms with Gasteiger partial charge in [-0.15, -0.1) is 0 Å². The van der Waals surface area contributed by atoms with Crippen LogP contribution in [0.2, 0.25) is 0 Å². The molecule has 1 aliphatic heterocycles. The number of carbonyl (C=O) groups is 2. The van der Waals surface area contributed by atoms with Gasteiger partial charge in [0.1, 0.15) is 6.04 Å². The molecule has 2 N–H and O–H groups in total. The van der Waals surface area contributed by atoms with Crippen molar-refractivity contribution in [1.29, 1.82) is 0 Å². The molecule has 0 radical (unpaired) electrons. The number of piperazine rings is 1. The monoisotopic (exact) mass is 320 g/mol. The van der Waals surface area contributed by atoms with Crippen molar-refractivity contribution >= 4 is 22.0 Å². The second-order valence-corrected chi connectivity index (χ2v) is 7.60. The Kier molecular flexibility index (Phi) is 6.11. The quantitative estimate of drug-likeness (QED) is 0.639. The molecule has 1 aliphatic rings. The average Bonchev–Trinajstić information content (AvgIpc) is 2.37. The van der Waals surface area contributed by atoms with E-state index in [2.05, 4.69) is 10.0 Å². The van der Waals surface area contributed by atoms with Crippen LogP contribution in [0.5, 0.6) is 0 Å². The highest BCUT2D eigenvalue weighted by Gasteiger charge is 2.33. The summed E-state index contributed by atoms with van der Waals surface area (Å²) in [6.45, 7) is 4.38. The second kappa shape index (κ2) is 7.19. The number of nitrogens with zero attached hydrogens (tertiary/aromatic N) is 2. The van der Waals surface area contributed by atoms with Crippen molar-refractivity contribution in [2.45, 2.75) is 26.3 Å². The van der Waals surface area contributed by atoms with Gasteiger partial charge < -0.3 is 10.2 Å². The predicted molar refractivity (Wildman–Crippen MR) is 78.6 cm³/mol. The van der Waals surface area contributed by atoms with Crippen LogP contribution in [0, 0.1) is 5.92 Å². The first kappa shape index (κ1) is 17.9. The Morgan fingerprint density at radius 3 is 2.62 bits per heavy atom. The van der Waals surface area contributed by atoms with E-state index in [0.717, 1.165) is 4.31 Å². The van der Waals surface area contributed by atoms with Crippen LogP contribution in [0.25, 0.3) is 0 Å². The molecule has 1 rings (SSSR count). The van der Waals surface area contributed by atoms with E-state index in [9.17, 15) is 18.0 Å². The molecular weight excluding hydrogens is 296 g/mol. The summed E-state index contributed by atoms with van der Waals surface area (Å²) in [6, 6.07) is -0.532. The minimum absolute atomic E-state index is 0.182. The minimum atomic E-state index is -3.65. The number of carbonyl (C=O) groups excluding carboxylic acids is 2. The van der Waals surface area contributed by atoms with Crippen LogP contribution in [-0.2, 0) is 19.8 Å². The zero-order chi connectivity index (χ0) is 16.2. The Morgan fingerprint density at radius 1 is 1.48 bits per heavy atom. The molecule has 9 heteroatoms. The Hall–Kier alpha value is -1.19. The van der Waals surface area contributed by atoms with Crippen molar-refractivity contribution in [3.05, 3.63) is 0 Å². The maximum absolute atomic E-state index is 12.2. The molecule has 0 aromatic carbocycles. The molecule has 0 spiro atoms. The highest BCUT2D eigenvalue weighted by molar-refractivity contribution is 7.87. The average molecular weight is 320 g/mol. The predicted octanol–water partition coefficient (Wildman–Crippen LogP) is -1.24. The van der Waals surface area contributed by atoms with E-state index in [0.29, 0.717) is 19.5 Å². The van der Waals surface area contributed by atoms with Crippen molar-refractivity contribution < 1.29 is 18.0 Å². The Morgan fingerprint density at radius 2 is 2.10 bits per heavy atom. The zero-order valence-corrected chi connectivity index (χ0v) is 13.7. The van der Waals surface area contributed by atoms with Gasteiger partial charge >= 0.3 is 0 Å². The molecule has 0 unspecified atom stereocenters. The van der Waals surface area contributed by atoms with Gasteiger partial charge in [-0.05, 0) is 12.3 Å². The summed E-state index contributed by atoms with van der Waals surface area (Å²) < 4.78 is 26.4. The van der Waals surface area contributed by atoms with Gasteiger partial charge in [-0.25, -0.2) is 0 Å². The standard InChI is InChI=1S/C12H24N4O4S/c1-9(2)7-10-12(18)13-5-6-16(10)11(17)8-14-21(19,20)15(3)4/h9-10,14H,5-8H2,1-4H3,(H,13,18)/t10-/m1/s1. The van der Waals surface area contributed by atoms with Gasteiger partial charge in [0.05, 0.1) is 6.54 Å². The van der Waals surface area contributed by atoms with Crippen molar-refractivity contribution in [2.24, 2.45) is 5.92 Å². The highest BCUT2D eigenvalue weighted by atomic mass is 32.2. The molecule has 0 aromatic heterocycles. The van der Waals surface area contributed by atoms with Crippen LogP contribution in [0.1, 0.15) is 20.3 Å². The van der Waals surface area contributed by atoms with Gasteiger partial charge in [-0.3, -0.25) is 9.59 Å². The van der Waals surface area contributed by atoms with Crippen LogP contribution < -0.4 is 10.0 Å². The Bertz CT molecular complexity index is 489. The van der Waals surface area contributed by atoms with E-state index in [1.165, 1.54) is 19.0 Å². The van der Waals surface area contributed by atoms with Crippen molar-refractivity contribution in [3.8, 4) is 0 Å². The molecule has 2 amide bonds. The fraction of sp³-hybridized carbons (Fsp3) is 0.833. The largest absolute Gasteiger partial charge is 0.353 e. The SMILES string of the molecule is CC(C)C[C@@H]1C(=O)NCCN1C(=O)CNS(=O)(=O)N(C)C. The minimum Gasteiger partial charge on any atom is -0.353 e. The topological polar surface area (TPSA) is 98.8 Å². The first-order chi connectivity index (χ1) is 9.65. The van der Waals surface area contributed by atoms with E-state index < -0.39 is 16.3 Å². The van der Waals surface area contributed by atoms with Gasteiger partial charge in [0, 0.05) is 27.2 Å². The molecule has 1 fully saturated rings. The van der Waals surface area contributed by atoms with Crippen molar-refractivity contribution in [3.63, 3.8) is 0 Å². The highest BCUT2D eigenvalue weighted by Crippen LogP contribution is 2.14. The molecule has 0 aliphatic carbocycles. The van der Waals surface area contributed by atoms with Crippen molar-refractivity contribution in [1.82, 2.24) is 19.2 Å². The summed E-state index contributed by atoms with van der Waals surface area (Å²) in [7, 11) is -0.895. The molecule has 21 heavy (non-hydrogen) atoms. The number of hydrogen-bond donors (Lipinski definition) is 2. The molecule has 0 aromatic rings. The number of hydrogen-bond acceptors (Lipinski definition) is 4. The van der Waals surface area contributed by atoms with Gasteiger partial charge in [0.2, 0.25) is 11.8 Å². The van der Waals surface area contributed by atoms with Gasteiger partial charge in [0.25, 0.3) is 10.2 Å². The smallest absolute Gasteiger partial charge is 0.279 e. The summed E-state index contributed by atoms with van der Waals surface area (Å²) in [6.07, 6.45) is 0.554. The lowest BCUT2D eigenvalue weighted by Crippen LogP contribution is -2.59. The van der Waals surface area contributed by atoms with Gasteiger partial charge in [-0.1, -0.05) is 13.8 Å². The fourth-order valence-corrected chi connectivity index (χ4v) is 2.64. The number of amides is 2. The molecule has 1 heterocycles. The van der Waals surface area contributed by atoms with E-state index in [1.807, 2.05) is 13.8 Å². The Labute approximate surface area is 126 Å². The fourth-order valence-electron chi connectivity index (χ4n) is 2.08. The normalized spacial score (nSPS) is 20.0.